The van der Waals surface area contributed by atoms with Crippen LogP contribution in [0.2, 0.25) is 0 Å². The van der Waals surface area contributed by atoms with E-state index in [1.165, 1.54) is 23.5 Å². The van der Waals surface area contributed by atoms with Gasteiger partial charge in [0.15, 0.2) is 11.5 Å². The van der Waals surface area contributed by atoms with Gasteiger partial charge in [0, 0.05) is 12.0 Å². The summed E-state index contributed by atoms with van der Waals surface area (Å²) in [6.45, 7) is 4.80. The molecule has 0 atom stereocenters. The second kappa shape index (κ2) is 5.73. The number of rotatable bonds is 4. The summed E-state index contributed by atoms with van der Waals surface area (Å²) in [6, 6.07) is 4.50. The first-order valence-corrected chi connectivity index (χ1v) is 9.01. The molecule has 0 spiro atoms. The maximum Gasteiger partial charge on any atom is 0.263 e. The standard InChI is InChI=1S/C13H15N3O4S2/c1-8(2)12-14-15-13(21-12)16-22(17,18)9-3-4-10-11(7-9)20-6-5-19-10/h3-4,7-8H,5-6H2,1-2H3,(H,15,16). The van der Waals surface area contributed by atoms with Crippen molar-refractivity contribution in [3.8, 4) is 11.5 Å². The molecular weight excluding hydrogens is 326 g/mol. The highest BCUT2D eigenvalue weighted by Crippen LogP contribution is 2.33. The third-order valence-corrected chi connectivity index (χ3v) is 5.59. The van der Waals surface area contributed by atoms with Crippen molar-refractivity contribution >= 4 is 26.5 Å². The van der Waals surface area contributed by atoms with E-state index < -0.39 is 10.0 Å². The lowest BCUT2D eigenvalue weighted by atomic mass is 10.2. The van der Waals surface area contributed by atoms with Gasteiger partial charge >= 0.3 is 0 Å². The van der Waals surface area contributed by atoms with Crippen LogP contribution >= 0.6 is 11.3 Å². The Kier molecular flexibility index (Phi) is 3.92. The molecule has 2 aromatic rings. The Labute approximate surface area is 132 Å². The highest BCUT2D eigenvalue weighted by molar-refractivity contribution is 7.93. The molecule has 1 aliphatic rings. The van der Waals surface area contributed by atoms with Crippen LogP contribution in [0.3, 0.4) is 0 Å². The van der Waals surface area contributed by atoms with Crippen molar-refractivity contribution in [3.63, 3.8) is 0 Å². The third-order valence-electron chi connectivity index (χ3n) is 2.98. The van der Waals surface area contributed by atoms with Gasteiger partial charge in [-0.15, -0.1) is 10.2 Å². The van der Waals surface area contributed by atoms with Crippen LogP contribution in [0.5, 0.6) is 11.5 Å². The normalized spacial score (nSPS) is 14.1. The van der Waals surface area contributed by atoms with Gasteiger partial charge in [0.1, 0.15) is 18.2 Å². The van der Waals surface area contributed by atoms with Gasteiger partial charge in [-0.25, -0.2) is 8.42 Å². The molecule has 0 amide bonds. The zero-order valence-corrected chi connectivity index (χ0v) is 13.7. The van der Waals surface area contributed by atoms with Gasteiger partial charge < -0.3 is 9.47 Å². The van der Waals surface area contributed by atoms with Gasteiger partial charge in [-0.2, -0.15) is 0 Å². The number of fused-ring (bicyclic) bond motifs is 1. The summed E-state index contributed by atoms with van der Waals surface area (Å²) in [5.41, 5.74) is 0. The Morgan fingerprint density at radius 2 is 1.91 bits per heavy atom. The number of nitrogens with zero attached hydrogens (tertiary/aromatic N) is 2. The maximum atomic E-state index is 12.4. The van der Waals surface area contributed by atoms with E-state index in [1.807, 2.05) is 13.8 Å². The fourth-order valence-corrected chi connectivity index (χ4v) is 3.86. The molecular formula is C13H15N3O4S2. The second-order valence-electron chi connectivity index (χ2n) is 5.01. The van der Waals surface area contributed by atoms with Crippen molar-refractivity contribution in [2.75, 3.05) is 17.9 Å². The van der Waals surface area contributed by atoms with Crippen LogP contribution in [0.4, 0.5) is 5.13 Å². The number of ether oxygens (including phenoxy) is 2. The molecule has 0 aliphatic carbocycles. The molecule has 3 rings (SSSR count). The van der Waals surface area contributed by atoms with Crippen molar-refractivity contribution in [1.29, 1.82) is 0 Å². The average Bonchev–Trinajstić information content (AvgIpc) is 2.95. The smallest absolute Gasteiger partial charge is 0.263 e. The van der Waals surface area contributed by atoms with Gasteiger partial charge in [-0.1, -0.05) is 25.2 Å². The van der Waals surface area contributed by atoms with Crippen LogP contribution in [-0.2, 0) is 10.0 Å². The Morgan fingerprint density at radius 1 is 1.18 bits per heavy atom. The number of nitrogens with one attached hydrogen (secondary N) is 1. The van der Waals surface area contributed by atoms with Gasteiger partial charge in [-0.05, 0) is 12.1 Å². The van der Waals surface area contributed by atoms with Crippen LogP contribution in [-0.4, -0.2) is 31.8 Å². The summed E-state index contributed by atoms with van der Waals surface area (Å²) in [5.74, 6) is 1.17. The van der Waals surface area contributed by atoms with Crippen LogP contribution in [0.15, 0.2) is 23.1 Å². The monoisotopic (exact) mass is 341 g/mol. The minimum atomic E-state index is -3.74. The number of aromatic nitrogens is 2. The SMILES string of the molecule is CC(C)c1nnc(NS(=O)(=O)c2ccc3c(c2)OCCO3)s1. The van der Waals surface area contributed by atoms with Crippen molar-refractivity contribution in [2.45, 2.75) is 24.7 Å². The van der Waals surface area contributed by atoms with E-state index in [0.29, 0.717) is 24.7 Å². The number of hydrogen-bond donors (Lipinski definition) is 1. The summed E-state index contributed by atoms with van der Waals surface area (Å²) in [6.07, 6.45) is 0. The highest BCUT2D eigenvalue weighted by atomic mass is 32.2. The Hall–Kier alpha value is -1.87. The van der Waals surface area contributed by atoms with Crippen LogP contribution in [0.1, 0.15) is 24.8 Å². The molecule has 0 radical (unpaired) electrons. The summed E-state index contributed by atoms with van der Waals surface area (Å²) in [4.78, 5) is 0.0954. The molecule has 0 saturated heterocycles. The zero-order chi connectivity index (χ0) is 15.7. The molecule has 0 unspecified atom stereocenters. The molecule has 1 aromatic heterocycles. The van der Waals surface area contributed by atoms with Crippen LogP contribution < -0.4 is 14.2 Å². The van der Waals surface area contributed by atoms with E-state index in [9.17, 15) is 8.42 Å². The number of benzene rings is 1. The van der Waals surface area contributed by atoms with Gasteiger partial charge in [-0.3, -0.25) is 4.72 Å². The minimum absolute atomic E-state index is 0.0954. The first-order chi connectivity index (χ1) is 10.5. The van der Waals surface area contributed by atoms with Gasteiger partial charge in [0.25, 0.3) is 10.0 Å². The van der Waals surface area contributed by atoms with Crippen molar-refractivity contribution in [3.05, 3.63) is 23.2 Å². The lowest BCUT2D eigenvalue weighted by Crippen LogP contribution is -2.17. The molecule has 1 aliphatic heterocycles. The fourth-order valence-electron chi connectivity index (χ4n) is 1.87. The molecule has 7 nitrogen and oxygen atoms in total. The molecule has 1 aromatic carbocycles. The second-order valence-corrected chi connectivity index (χ2v) is 7.70. The highest BCUT2D eigenvalue weighted by Gasteiger charge is 2.21. The predicted octanol–water partition coefficient (Wildman–Crippen LogP) is 2.23. The molecule has 118 valence electrons. The fraction of sp³-hybridized carbons (Fsp3) is 0.385. The topological polar surface area (TPSA) is 90.4 Å². The Balaban J connectivity index is 1.85. The van der Waals surface area contributed by atoms with Crippen molar-refractivity contribution < 1.29 is 17.9 Å². The zero-order valence-electron chi connectivity index (χ0n) is 12.1. The van der Waals surface area contributed by atoms with E-state index >= 15 is 0 Å². The molecule has 1 N–H and O–H groups in total. The van der Waals surface area contributed by atoms with E-state index in [0.717, 1.165) is 5.01 Å². The molecule has 0 fully saturated rings. The molecule has 2 heterocycles. The molecule has 9 heteroatoms. The summed E-state index contributed by atoms with van der Waals surface area (Å²) in [5, 5.41) is 8.84. The molecule has 0 bridgehead atoms. The average molecular weight is 341 g/mol. The lowest BCUT2D eigenvalue weighted by Gasteiger charge is -2.18. The number of anilines is 1. The number of sulfonamides is 1. The summed E-state index contributed by atoms with van der Waals surface area (Å²) >= 11 is 1.22. The first kappa shape index (κ1) is 15.0. The third kappa shape index (κ3) is 3.00. The van der Waals surface area contributed by atoms with Crippen LogP contribution in [0, 0.1) is 0 Å². The Morgan fingerprint density at radius 3 is 2.59 bits per heavy atom. The Bertz CT molecular complexity index is 786. The van der Waals surface area contributed by atoms with E-state index in [1.54, 1.807) is 6.07 Å². The minimum Gasteiger partial charge on any atom is -0.486 e. The predicted molar refractivity (Wildman–Crippen MR) is 82.2 cm³/mol. The maximum absolute atomic E-state index is 12.4. The molecule has 22 heavy (non-hydrogen) atoms. The van der Waals surface area contributed by atoms with E-state index in [-0.39, 0.29) is 15.9 Å². The largest absolute Gasteiger partial charge is 0.486 e. The van der Waals surface area contributed by atoms with E-state index in [2.05, 4.69) is 14.9 Å². The van der Waals surface area contributed by atoms with Crippen molar-refractivity contribution in [1.82, 2.24) is 10.2 Å². The van der Waals surface area contributed by atoms with Crippen LogP contribution in [0.25, 0.3) is 0 Å². The van der Waals surface area contributed by atoms with Crippen molar-refractivity contribution in [2.24, 2.45) is 0 Å². The summed E-state index contributed by atoms with van der Waals surface area (Å²) in [7, 11) is -3.74. The summed E-state index contributed by atoms with van der Waals surface area (Å²) < 4.78 is 38.0. The van der Waals surface area contributed by atoms with Gasteiger partial charge in [0.2, 0.25) is 5.13 Å². The van der Waals surface area contributed by atoms with Gasteiger partial charge in [0.05, 0.1) is 4.90 Å². The number of hydrogen-bond acceptors (Lipinski definition) is 7. The first-order valence-electron chi connectivity index (χ1n) is 6.71. The molecule has 0 saturated carbocycles. The van der Waals surface area contributed by atoms with E-state index in [4.69, 9.17) is 9.47 Å². The quantitative estimate of drug-likeness (QED) is 0.917. The lowest BCUT2D eigenvalue weighted by molar-refractivity contribution is 0.171.